The van der Waals surface area contributed by atoms with Gasteiger partial charge in [0.1, 0.15) is 28.7 Å². The molecule has 0 aliphatic carbocycles. The van der Waals surface area contributed by atoms with Crippen LogP contribution in [0.5, 0.6) is 28.7 Å². The Kier molecular flexibility index (Phi) is 9.73. The van der Waals surface area contributed by atoms with Crippen molar-refractivity contribution in [2.45, 2.75) is 51.6 Å². The molecule has 0 spiro atoms. The van der Waals surface area contributed by atoms with Crippen molar-refractivity contribution < 1.29 is 34.0 Å². The van der Waals surface area contributed by atoms with Crippen LogP contribution in [0.4, 0.5) is 10.5 Å². The van der Waals surface area contributed by atoms with Crippen molar-refractivity contribution in [1.82, 2.24) is 4.90 Å². The number of hydrogen-bond acceptors (Lipinski definition) is 6. The van der Waals surface area contributed by atoms with E-state index in [4.69, 9.17) is 19.3 Å². The van der Waals surface area contributed by atoms with Gasteiger partial charge in [-0.15, -0.1) is 0 Å². The summed E-state index contributed by atoms with van der Waals surface area (Å²) in [6, 6.07) is 17.9. The van der Waals surface area contributed by atoms with E-state index in [-0.39, 0.29) is 11.6 Å². The van der Waals surface area contributed by atoms with Gasteiger partial charge in [-0.05, 0) is 73.7 Å². The number of ether oxygens (including phenoxy) is 3. The largest absolute Gasteiger partial charge is 0.497 e. The maximum Gasteiger partial charge on any atom is 0.335 e. The number of likely N-dealkylation sites (tertiary alicyclic amines) is 1. The Morgan fingerprint density at radius 2 is 1.37 bits per heavy atom. The highest BCUT2D eigenvalue weighted by Crippen LogP contribution is 2.35. The van der Waals surface area contributed by atoms with Gasteiger partial charge in [-0.25, -0.2) is 9.59 Å². The summed E-state index contributed by atoms with van der Waals surface area (Å²) in [5.41, 5.74) is -0.122. The predicted octanol–water partition coefficient (Wildman–Crippen LogP) is 7.16. The van der Waals surface area contributed by atoms with Crippen LogP contribution in [0.15, 0.2) is 66.7 Å². The minimum absolute atomic E-state index is 0.148. The number of carboxylic acids is 1. The topological polar surface area (TPSA) is 118 Å². The molecule has 0 radical (unpaired) electrons. The maximum absolute atomic E-state index is 13.2. The Bertz CT molecular complexity index is 1310. The van der Waals surface area contributed by atoms with E-state index >= 15 is 0 Å². The second-order valence-corrected chi connectivity index (χ2v) is 10.4. The predicted molar refractivity (Wildman–Crippen MR) is 156 cm³/mol. The van der Waals surface area contributed by atoms with Crippen molar-refractivity contribution >= 4 is 17.7 Å². The Morgan fingerprint density at radius 3 is 1.85 bits per heavy atom. The van der Waals surface area contributed by atoms with Crippen LogP contribution in [-0.4, -0.2) is 52.9 Å². The average Bonchev–Trinajstić information content (AvgIpc) is 2.97. The summed E-state index contributed by atoms with van der Waals surface area (Å²) in [7, 11) is 1.59. The minimum Gasteiger partial charge on any atom is -0.497 e. The third-order valence-electron chi connectivity index (χ3n) is 7.57. The smallest absolute Gasteiger partial charge is 0.335 e. The molecule has 41 heavy (non-hydrogen) atoms. The van der Waals surface area contributed by atoms with E-state index < -0.39 is 11.6 Å². The van der Waals surface area contributed by atoms with Crippen molar-refractivity contribution in [2.24, 2.45) is 5.92 Å². The Balaban J connectivity index is 1.50. The molecule has 3 N–H and O–H groups in total. The lowest BCUT2D eigenvalue weighted by Crippen LogP contribution is -2.48. The van der Waals surface area contributed by atoms with Gasteiger partial charge in [-0.2, -0.15) is 0 Å². The number of amides is 2. The van der Waals surface area contributed by atoms with E-state index in [1.165, 1.54) is 12.1 Å². The summed E-state index contributed by atoms with van der Waals surface area (Å²) in [4.78, 5) is 26.1. The third kappa shape index (κ3) is 8.14. The first kappa shape index (κ1) is 29.7. The second-order valence-electron chi connectivity index (χ2n) is 10.4. The lowest BCUT2D eigenvalue weighted by atomic mass is 9.81. The average molecular weight is 563 g/mol. The van der Waals surface area contributed by atoms with E-state index in [0.29, 0.717) is 66.3 Å². The van der Waals surface area contributed by atoms with E-state index in [9.17, 15) is 14.7 Å². The number of benzene rings is 3. The van der Waals surface area contributed by atoms with Crippen LogP contribution in [0.25, 0.3) is 0 Å². The number of rotatable bonds is 11. The van der Waals surface area contributed by atoms with Crippen LogP contribution in [0.2, 0.25) is 0 Å². The molecule has 1 aliphatic heterocycles. The highest BCUT2D eigenvalue weighted by molar-refractivity contribution is 5.90. The van der Waals surface area contributed by atoms with Gasteiger partial charge in [-0.1, -0.05) is 26.7 Å². The number of carbonyl (C=O) groups excluding carboxylic acids is 1. The van der Waals surface area contributed by atoms with Crippen molar-refractivity contribution in [2.75, 3.05) is 25.5 Å². The number of aliphatic hydroxyl groups is 1. The fraction of sp³-hybridized carbons (Fsp3) is 0.375. The lowest BCUT2D eigenvalue weighted by Gasteiger charge is -2.39. The van der Waals surface area contributed by atoms with Gasteiger partial charge < -0.3 is 34.6 Å². The molecular formula is C32H38N2O7. The first-order chi connectivity index (χ1) is 19.7. The molecule has 2 amide bonds. The molecule has 0 bridgehead atoms. The van der Waals surface area contributed by atoms with E-state index in [2.05, 4.69) is 19.2 Å². The summed E-state index contributed by atoms with van der Waals surface area (Å²) in [6.45, 7) is 5.22. The lowest BCUT2D eigenvalue weighted by molar-refractivity contribution is -0.0309. The number of anilines is 1. The molecule has 9 nitrogen and oxygen atoms in total. The van der Waals surface area contributed by atoms with Crippen molar-refractivity contribution in [3.05, 3.63) is 72.3 Å². The van der Waals surface area contributed by atoms with Gasteiger partial charge in [0.05, 0.1) is 18.3 Å². The number of nitrogens with one attached hydrogen (secondary N) is 1. The Morgan fingerprint density at radius 1 is 0.854 bits per heavy atom. The number of piperidine rings is 1. The van der Waals surface area contributed by atoms with Crippen molar-refractivity contribution in [3.8, 4) is 28.7 Å². The summed E-state index contributed by atoms with van der Waals surface area (Å²) < 4.78 is 17.3. The Hall–Kier alpha value is -4.24. The molecule has 1 heterocycles. The Labute approximate surface area is 240 Å². The molecule has 1 aliphatic rings. The molecule has 1 saturated heterocycles. The summed E-state index contributed by atoms with van der Waals surface area (Å²) in [5, 5.41) is 23.2. The number of urea groups is 1. The van der Waals surface area contributed by atoms with Gasteiger partial charge in [-0.3, -0.25) is 0 Å². The molecule has 0 aromatic heterocycles. The number of carbonyl (C=O) groups is 2. The third-order valence-corrected chi connectivity index (χ3v) is 7.57. The number of carboxylic acid groups (broad SMARTS) is 1. The zero-order chi connectivity index (χ0) is 29.4. The first-order valence-electron chi connectivity index (χ1n) is 14.0. The standard InChI is InChI=1S/C32H38N2O7/c1-4-22(5-2)21-32(38)14-16-34(17-15-32)31(37)33-24-18-28(40-26-8-6-23(7-9-26)30(35)36)20-29(19-24)41-27-12-10-25(39-3)11-13-27/h6-13,18-20,22,38H,4-5,14-17,21H2,1-3H3,(H,33,37)(H,35,36). The molecular weight excluding hydrogens is 524 g/mol. The van der Waals surface area contributed by atoms with E-state index in [0.717, 1.165) is 19.3 Å². The fourth-order valence-electron chi connectivity index (χ4n) is 4.99. The zero-order valence-electron chi connectivity index (χ0n) is 23.8. The highest BCUT2D eigenvalue weighted by atomic mass is 16.5. The fourth-order valence-corrected chi connectivity index (χ4v) is 4.99. The quantitative estimate of drug-likeness (QED) is 0.227. The second kappa shape index (κ2) is 13.4. The van der Waals surface area contributed by atoms with Crippen LogP contribution in [0, 0.1) is 5.92 Å². The molecule has 4 rings (SSSR count). The number of aromatic carboxylic acids is 1. The van der Waals surface area contributed by atoms with Crippen LogP contribution < -0.4 is 19.5 Å². The molecule has 3 aromatic rings. The summed E-state index contributed by atoms with van der Waals surface area (Å²) >= 11 is 0. The summed E-state index contributed by atoms with van der Waals surface area (Å²) in [6.07, 6.45) is 3.91. The minimum atomic E-state index is -1.02. The van der Waals surface area contributed by atoms with Gasteiger partial charge in [0.15, 0.2) is 0 Å². The normalized spacial score (nSPS) is 14.4. The number of nitrogens with zero attached hydrogens (tertiary/aromatic N) is 1. The van der Waals surface area contributed by atoms with Crippen LogP contribution >= 0.6 is 0 Å². The highest BCUT2D eigenvalue weighted by Gasteiger charge is 2.35. The molecule has 0 saturated carbocycles. The van der Waals surface area contributed by atoms with Gasteiger partial charge in [0, 0.05) is 37.0 Å². The van der Waals surface area contributed by atoms with Crippen molar-refractivity contribution in [1.29, 1.82) is 0 Å². The maximum atomic E-state index is 13.2. The molecule has 3 aromatic carbocycles. The molecule has 1 fully saturated rings. The summed E-state index contributed by atoms with van der Waals surface area (Å²) in [5.74, 6) is 1.98. The van der Waals surface area contributed by atoms with Crippen LogP contribution in [-0.2, 0) is 0 Å². The van der Waals surface area contributed by atoms with Crippen molar-refractivity contribution in [3.63, 3.8) is 0 Å². The molecule has 0 unspecified atom stereocenters. The molecule has 9 heteroatoms. The van der Waals surface area contributed by atoms with E-state index in [1.807, 2.05) is 0 Å². The first-order valence-corrected chi connectivity index (χ1v) is 14.0. The van der Waals surface area contributed by atoms with Gasteiger partial charge in [0.2, 0.25) is 0 Å². The van der Waals surface area contributed by atoms with Gasteiger partial charge >= 0.3 is 12.0 Å². The number of hydrogen-bond donors (Lipinski definition) is 3. The zero-order valence-corrected chi connectivity index (χ0v) is 23.8. The van der Waals surface area contributed by atoms with Crippen LogP contribution in [0.3, 0.4) is 0 Å². The monoisotopic (exact) mass is 562 g/mol. The SMILES string of the molecule is CCC(CC)CC1(O)CCN(C(=O)Nc2cc(Oc3ccc(OC)cc3)cc(Oc3ccc(C(=O)O)cc3)c2)CC1. The molecule has 218 valence electrons. The van der Waals surface area contributed by atoms with E-state index in [1.54, 1.807) is 66.6 Å². The molecule has 0 atom stereocenters. The van der Waals surface area contributed by atoms with Crippen LogP contribution in [0.1, 0.15) is 56.3 Å². The number of methoxy groups -OCH3 is 1. The van der Waals surface area contributed by atoms with Gasteiger partial charge in [0.25, 0.3) is 0 Å².